The molecular weight excluding hydrogens is 441 g/mol. The summed E-state index contributed by atoms with van der Waals surface area (Å²) in [6.07, 6.45) is 1.10. The molecule has 1 heterocycles. The highest BCUT2D eigenvalue weighted by atomic mass is 127. The fraction of sp³-hybridized carbons (Fsp3) is 0.632. The highest BCUT2D eigenvalue weighted by Gasteiger charge is 2.16. The molecule has 0 aliphatic carbocycles. The zero-order chi connectivity index (χ0) is 18.2. The number of guanidine groups is 1. The van der Waals surface area contributed by atoms with Gasteiger partial charge in [0.1, 0.15) is 5.75 Å². The Morgan fingerprint density at radius 3 is 2.08 bits per heavy atom. The van der Waals surface area contributed by atoms with Crippen molar-refractivity contribution in [3.63, 3.8) is 0 Å². The van der Waals surface area contributed by atoms with E-state index in [1.54, 1.807) is 7.11 Å². The van der Waals surface area contributed by atoms with Gasteiger partial charge in [-0.1, -0.05) is 0 Å². The first-order valence-corrected chi connectivity index (χ1v) is 9.01. The van der Waals surface area contributed by atoms with Crippen molar-refractivity contribution in [1.29, 1.82) is 0 Å². The van der Waals surface area contributed by atoms with Crippen molar-refractivity contribution < 1.29 is 4.74 Å². The van der Waals surface area contributed by atoms with Crippen LogP contribution in [0.3, 0.4) is 0 Å². The van der Waals surface area contributed by atoms with Crippen LogP contribution in [0.2, 0.25) is 0 Å². The van der Waals surface area contributed by atoms with E-state index < -0.39 is 0 Å². The minimum atomic E-state index is 0. The summed E-state index contributed by atoms with van der Waals surface area (Å²) in [5, 5.41) is 0. The molecule has 0 bridgehead atoms. The lowest BCUT2D eigenvalue weighted by atomic mass is 10.2. The van der Waals surface area contributed by atoms with Crippen molar-refractivity contribution in [3.05, 3.63) is 24.3 Å². The minimum absolute atomic E-state index is 0. The number of hydrogen-bond donors (Lipinski definition) is 0. The van der Waals surface area contributed by atoms with E-state index in [4.69, 9.17) is 9.73 Å². The van der Waals surface area contributed by atoms with Crippen LogP contribution in [-0.4, -0.2) is 95.2 Å². The lowest BCUT2D eigenvalue weighted by Gasteiger charge is -2.36. The highest BCUT2D eigenvalue weighted by Crippen LogP contribution is 2.20. The topological polar surface area (TPSA) is 34.6 Å². The molecule has 7 heteroatoms. The van der Waals surface area contributed by atoms with Crippen molar-refractivity contribution in [2.24, 2.45) is 4.99 Å². The number of aliphatic imine (C=N–C) groups is 1. The Bertz CT molecular complexity index is 529. The van der Waals surface area contributed by atoms with E-state index in [2.05, 4.69) is 31.7 Å². The second-order valence-electron chi connectivity index (χ2n) is 6.85. The lowest BCUT2D eigenvalue weighted by molar-refractivity contribution is 0.256. The summed E-state index contributed by atoms with van der Waals surface area (Å²) in [6, 6.07) is 8.36. The van der Waals surface area contributed by atoms with E-state index in [0.717, 1.165) is 57.4 Å². The molecule has 1 aliphatic rings. The number of ether oxygens (including phenoxy) is 1. The fourth-order valence-corrected chi connectivity index (χ4v) is 3.18. The average Bonchev–Trinajstić information content (AvgIpc) is 2.61. The lowest BCUT2D eigenvalue weighted by Crippen LogP contribution is -2.46. The number of halogens is 1. The van der Waals surface area contributed by atoms with Gasteiger partial charge < -0.3 is 19.4 Å². The van der Waals surface area contributed by atoms with Crippen molar-refractivity contribution in [1.82, 2.24) is 14.7 Å². The van der Waals surface area contributed by atoms with Gasteiger partial charge in [0, 0.05) is 73.1 Å². The third-order valence-corrected chi connectivity index (χ3v) is 4.50. The molecule has 1 aliphatic heterocycles. The molecule has 26 heavy (non-hydrogen) atoms. The summed E-state index contributed by atoms with van der Waals surface area (Å²) in [7, 11) is 9.86. The molecule has 0 amide bonds. The number of hydrogen-bond acceptors (Lipinski definition) is 4. The van der Waals surface area contributed by atoms with E-state index in [0.29, 0.717) is 0 Å². The minimum Gasteiger partial charge on any atom is -0.497 e. The number of methoxy groups -OCH3 is 1. The monoisotopic (exact) mass is 475 g/mol. The largest absolute Gasteiger partial charge is 0.497 e. The van der Waals surface area contributed by atoms with Gasteiger partial charge in [0.15, 0.2) is 5.96 Å². The maximum atomic E-state index is 5.23. The molecule has 1 aromatic carbocycles. The fourth-order valence-electron chi connectivity index (χ4n) is 3.18. The predicted molar refractivity (Wildman–Crippen MR) is 121 cm³/mol. The van der Waals surface area contributed by atoms with Gasteiger partial charge in [-0.25, -0.2) is 0 Å². The van der Waals surface area contributed by atoms with Gasteiger partial charge in [-0.3, -0.25) is 9.89 Å². The second kappa shape index (κ2) is 11.5. The Kier molecular flexibility index (Phi) is 10.1. The number of anilines is 1. The van der Waals surface area contributed by atoms with Crippen LogP contribution in [-0.2, 0) is 0 Å². The summed E-state index contributed by atoms with van der Waals surface area (Å²) in [5.74, 6) is 1.95. The highest BCUT2D eigenvalue weighted by molar-refractivity contribution is 14.0. The number of piperazine rings is 1. The SMILES string of the molecule is COc1ccc(N2CCN(CCCN=C(N(C)C)N(C)C)CC2)cc1.I. The Morgan fingerprint density at radius 2 is 1.58 bits per heavy atom. The Hall–Kier alpha value is -1.22. The molecule has 148 valence electrons. The maximum absolute atomic E-state index is 5.23. The normalized spacial score (nSPS) is 14.4. The molecule has 1 saturated heterocycles. The summed E-state index contributed by atoms with van der Waals surface area (Å²) in [4.78, 5) is 13.8. The molecule has 2 rings (SSSR count). The van der Waals surface area contributed by atoms with Gasteiger partial charge in [0.2, 0.25) is 0 Å². The molecule has 0 aromatic heterocycles. The van der Waals surface area contributed by atoms with E-state index in [1.165, 1.54) is 5.69 Å². The average molecular weight is 475 g/mol. The first kappa shape index (κ1) is 22.8. The van der Waals surface area contributed by atoms with Gasteiger partial charge in [-0.15, -0.1) is 24.0 Å². The third kappa shape index (κ3) is 6.83. The van der Waals surface area contributed by atoms with E-state index in [-0.39, 0.29) is 24.0 Å². The van der Waals surface area contributed by atoms with Crippen molar-refractivity contribution >= 4 is 35.6 Å². The smallest absolute Gasteiger partial charge is 0.195 e. The molecule has 1 aromatic rings. The molecule has 0 spiro atoms. The molecular formula is C19H34IN5O. The van der Waals surface area contributed by atoms with Gasteiger partial charge in [0.25, 0.3) is 0 Å². The van der Waals surface area contributed by atoms with Crippen LogP contribution in [0.5, 0.6) is 5.75 Å². The van der Waals surface area contributed by atoms with Crippen molar-refractivity contribution in [2.75, 3.05) is 79.5 Å². The van der Waals surface area contributed by atoms with E-state index in [9.17, 15) is 0 Å². The Labute approximate surface area is 175 Å². The Balaban J connectivity index is 0.00000338. The van der Waals surface area contributed by atoms with Crippen LogP contribution >= 0.6 is 24.0 Å². The quantitative estimate of drug-likeness (QED) is 0.273. The van der Waals surface area contributed by atoms with E-state index >= 15 is 0 Å². The molecule has 0 atom stereocenters. The van der Waals surface area contributed by atoms with Gasteiger partial charge >= 0.3 is 0 Å². The number of benzene rings is 1. The number of rotatable bonds is 6. The summed E-state index contributed by atoms with van der Waals surface area (Å²) >= 11 is 0. The van der Waals surface area contributed by atoms with E-state index in [1.807, 2.05) is 40.3 Å². The van der Waals surface area contributed by atoms with Crippen LogP contribution in [0.25, 0.3) is 0 Å². The molecule has 0 saturated carbocycles. The molecule has 0 radical (unpaired) electrons. The zero-order valence-corrected chi connectivity index (χ0v) is 19.1. The molecule has 0 N–H and O–H groups in total. The first-order valence-electron chi connectivity index (χ1n) is 9.01. The van der Waals surface area contributed by atoms with Crippen LogP contribution in [0.1, 0.15) is 6.42 Å². The summed E-state index contributed by atoms with van der Waals surface area (Å²) in [6.45, 7) is 6.39. The van der Waals surface area contributed by atoms with Gasteiger partial charge in [0.05, 0.1) is 7.11 Å². The summed E-state index contributed by atoms with van der Waals surface area (Å²) < 4.78 is 5.23. The standard InChI is InChI=1S/C19H33N5O.HI/c1-21(2)19(22(3)4)20-11-6-12-23-13-15-24(16-14-23)17-7-9-18(25-5)10-8-17;/h7-10H,6,11-16H2,1-5H3;1H. The molecule has 0 unspecified atom stereocenters. The second-order valence-corrected chi connectivity index (χ2v) is 6.85. The molecule has 6 nitrogen and oxygen atoms in total. The van der Waals surface area contributed by atoms with Gasteiger partial charge in [-0.2, -0.15) is 0 Å². The van der Waals surface area contributed by atoms with Crippen molar-refractivity contribution in [2.45, 2.75) is 6.42 Å². The zero-order valence-electron chi connectivity index (χ0n) is 16.8. The number of nitrogens with zero attached hydrogens (tertiary/aromatic N) is 5. The van der Waals surface area contributed by atoms with Crippen LogP contribution in [0, 0.1) is 0 Å². The van der Waals surface area contributed by atoms with Crippen LogP contribution < -0.4 is 9.64 Å². The summed E-state index contributed by atoms with van der Waals surface area (Å²) in [5.41, 5.74) is 1.28. The maximum Gasteiger partial charge on any atom is 0.195 e. The van der Waals surface area contributed by atoms with Crippen molar-refractivity contribution in [3.8, 4) is 5.75 Å². The predicted octanol–water partition coefficient (Wildman–Crippen LogP) is 2.30. The van der Waals surface area contributed by atoms with Crippen LogP contribution in [0.4, 0.5) is 5.69 Å². The first-order chi connectivity index (χ1) is 12.0. The molecule has 1 fully saturated rings. The van der Waals surface area contributed by atoms with Gasteiger partial charge in [-0.05, 0) is 30.7 Å². The van der Waals surface area contributed by atoms with Crippen LogP contribution in [0.15, 0.2) is 29.3 Å². The Morgan fingerprint density at radius 1 is 1.00 bits per heavy atom. The third-order valence-electron chi connectivity index (χ3n) is 4.50.